The molecule has 0 bridgehead atoms. The van der Waals surface area contributed by atoms with Crippen LogP contribution >= 0.6 is 0 Å². The smallest absolute Gasteiger partial charge is 0.192 e. The van der Waals surface area contributed by atoms with Gasteiger partial charge in [0.25, 0.3) is 0 Å². The lowest BCUT2D eigenvalue weighted by atomic mass is 10.0. The topological polar surface area (TPSA) is 29.5 Å². The van der Waals surface area contributed by atoms with Crippen molar-refractivity contribution < 1.29 is 9.53 Å². The number of rotatable bonds is 16. The predicted octanol–water partition coefficient (Wildman–Crippen LogP) is 8.26. The van der Waals surface area contributed by atoms with Crippen LogP contribution in [0.25, 0.3) is 0 Å². The van der Waals surface area contributed by atoms with Crippen LogP contribution in [0.5, 0.6) is 0 Å². The third-order valence-corrected chi connectivity index (χ3v) is 10.7. The minimum Gasteiger partial charge on any atom is -0.411 e. The van der Waals surface area contributed by atoms with Gasteiger partial charge in [-0.2, -0.15) is 0 Å². The molecule has 0 aliphatic rings. The normalized spacial score (nSPS) is 15.5. The van der Waals surface area contributed by atoms with Crippen molar-refractivity contribution >= 4 is 8.32 Å². The van der Waals surface area contributed by atoms with Crippen molar-refractivity contribution in [3.63, 3.8) is 0 Å². The number of unbranched alkanes of at least 4 members (excludes halogenated alkanes) is 6. The number of aliphatic hydroxyl groups excluding tert-OH is 1. The second kappa shape index (κ2) is 14.8. The lowest BCUT2D eigenvalue weighted by Gasteiger charge is -2.38. The highest BCUT2D eigenvalue weighted by molar-refractivity contribution is 6.74. The Bertz CT molecular complexity index is 396. The van der Waals surface area contributed by atoms with Gasteiger partial charge in [-0.25, -0.2) is 0 Å². The first-order chi connectivity index (χ1) is 13.0. The minimum absolute atomic E-state index is 0.149. The monoisotopic (exact) mass is 412 g/mol. The zero-order valence-electron chi connectivity index (χ0n) is 20.5. The Balaban J connectivity index is 4.60. The summed E-state index contributed by atoms with van der Waals surface area (Å²) in [5.41, 5.74) is 0. The molecule has 1 N–H and O–H groups in total. The largest absolute Gasteiger partial charge is 0.411 e. The fraction of sp³-hybridized carbons (Fsp3) is 0.920. The Labute approximate surface area is 178 Å². The van der Waals surface area contributed by atoms with Gasteiger partial charge in [0.05, 0.1) is 12.2 Å². The summed E-state index contributed by atoms with van der Waals surface area (Å²) in [6.07, 6.45) is 17.5. The van der Waals surface area contributed by atoms with E-state index in [2.05, 4.69) is 60.7 Å². The van der Waals surface area contributed by atoms with Crippen molar-refractivity contribution in [1.82, 2.24) is 0 Å². The van der Waals surface area contributed by atoms with Gasteiger partial charge in [-0.3, -0.25) is 0 Å². The van der Waals surface area contributed by atoms with Crippen LogP contribution in [0.2, 0.25) is 18.1 Å². The standard InChI is InChI=1S/C25H52O2Si/c1-9-10-11-12-13-14-15-19-24(27-28(7,8)25(4,5)6)21-20-23(26)18-16-17-22(2)3/h20-24,26H,9-19H2,1-8H3/b21-20-. The number of hydrogen-bond acceptors (Lipinski definition) is 2. The highest BCUT2D eigenvalue weighted by Gasteiger charge is 2.38. The van der Waals surface area contributed by atoms with E-state index in [4.69, 9.17) is 4.43 Å². The Hall–Kier alpha value is -0.123. The van der Waals surface area contributed by atoms with Crippen molar-refractivity contribution in [3.8, 4) is 0 Å². The van der Waals surface area contributed by atoms with Crippen LogP contribution in [0.3, 0.4) is 0 Å². The molecule has 0 heterocycles. The Morgan fingerprint density at radius 3 is 1.93 bits per heavy atom. The molecule has 0 aliphatic heterocycles. The molecule has 2 unspecified atom stereocenters. The molecule has 0 aromatic carbocycles. The molecular formula is C25H52O2Si. The molecule has 0 radical (unpaired) electrons. The molecule has 2 nitrogen and oxygen atoms in total. The fourth-order valence-electron chi connectivity index (χ4n) is 3.14. The van der Waals surface area contributed by atoms with E-state index >= 15 is 0 Å². The van der Waals surface area contributed by atoms with Gasteiger partial charge in [-0.15, -0.1) is 0 Å². The summed E-state index contributed by atoms with van der Waals surface area (Å²) in [5, 5.41) is 10.5. The van der Waals surface area contributed by atoms with E-state index < -0.39 is 8.32 Å². The lowest BCUT2D eigenvalue weighted by Crippen LogP contribution is -2.43. The minimum atomic E-state index is -1.80. The molecule has 0 aromatic heterocycles. The molecule has 168 valence electrons. The molecule has 28 heavy (non-hydrogen) atoms. The predicted molar refractivity (Wildman–Crippen MR) is 129 cm³/mol. The zero-order chi connectivity index (χ0) is 21.6. The van der Waals surface area contributed by atoms with Crippen LogP contribution in [-0.4, -0.2) is 25.6 Å². The molecule has 0 rings (SSSR count). The maximum Gasteiger partial charge on any atom is 0.192 e. The summed E-state index contributed by atoms with van der Waals surface area (Å²) < 4.78 is 6.68. The molecule has 3 heteroatoms. The van der Waals surface area contributed by atoms with Gasteiger partial charge < -0.3 is 9.53 Å². The molecule has 0 aromatic rings. The highest BCUT2D eigenvalue weighted by Crippen LogP contribution is 2.38. The van der Waals surface area contributed by atoms with Gasteiger partial charge in [0.1, 0.15) is 0 Å². The second-order valence-corrected chi connectivity index (χ2v) is 15.4. The van der Waals surface area contributed by atoms with Gasteiger partial charge in [-0.1, -0.05) is 111 Å². The maximum absolute atomic E-state index is 10.3. The Morgan fingerprint density at radius 2 is 1.39 bits per heavy atom. The molecule has 0 saturated carbocycles. The lowest BCUT2D eigenvalue weighted by molar-refractivity contribution is 0.193. The number of hydrogen-bond donors (Lipinski definition) is 1. The summed E-state index contributed by atoms with van der Waals surface area (Å²) in [6.45, 7) is 18.3. The van der Waals surface area contributed by atoms with Gasteiger partial charge in [0.2, 0.25) is 0 Å². The molecule has 0 aliphatic carbocycles. The molecular weight excluding hydrogens is 360 g/mol. The van der Waals surface area contributed by atoms with Crippen LogP contribution in [-0.2, 0) is 4.43 Å². The van der Waals surface area contributed by atoms with Gasteiger partial charge >= 0.3 is 0 Å². The van der Waals surface area contributed by atoms with Crippen molar-refractivity contribution in [2.24, 2.45) is 5.92 Å². The summed E-state index contributed by atoms with van der Waals surface area (Å²) in [4.78, 5) is 0. The summed E-state index contributed by atoms with van der Waals surface area (Å²) >= 11 is 0. The Kier molecular flexibility index (Phi) is 14.7. The van der Waals surface area contributed by atoms with Crippen LogP contribution in [0.4, 0.5) is 0 Å². The molecule has 0 amide bonds. The summed E-state index contributed by atoms with van der Waals surface area (Å²) in [5.74, 6) is 0.711. The first-order valence-corrected chi connectivity index (χ1v) is 14.9. The van der Waals surface area contributed by atoms with E-state index in [9.17, 15) is 5.11 Å². The van der Waals surface area contributed by atoms with Crippen LogP contribution < -0.4 is 0 Å². The highest BCUT2D eigenvalue weighted by atomic mass is 28.4. The van der Waals surface area contributed by atoms with Gasteiger partial charge in [-0.05, 0) is 36.9 Å². The number of aliphatic hydroxyl groups is 1. The van der Waals surface area contributed by atoms with Crippen LogP contribution in [0.15, 0.2) is 12.2 Å². The van der Waals surface area contributed by atoms with E-state index in [1.165, 1.54) is 51.4 Å². The summed E-state index contributed by atoms with van der Waals surface area (Å²) in [7, 11) is -1.80. The molecule has 0 spiro atoms. The van der Waals surface area contributed by atoms with E-state index in [-0.39, 0.29) is 17.2 Å². The molecule has 0 saturated heterocycles. The first-order valence-electron chi connectivity index (χ1n) is 12.0. The quantitative estimate of drug-likeness (QED) is 0.157. The van der Waals surface area contributed by atoms with Crippen molar-refractivity contribution in [2.75, 3.05) is 0 Å². The van der Waals surface area contributed by atoms with Crippen molar-refractivity contribution in [2.45, 2.75) is 143 Å². The van der Waals surface area contributed by atoms with Gasteiger partial charge in [0, 0.05) is 0 Å². The van der Waals surface area contributed by atoms with E-state index in [1.807, 2.05) is 6.08 Å². The van der Waals surface area contributed by atoms with Crippen LogP contribution in [0, 0.1) is 5.92 Å². The molecule has 0 fully saturated rings. The van der Waals surface area contributed by atoms with Gasteiger partial charge in [0.15, 0.2) is 8.32 Å². The van der Waals surface area contributed by atoms with E-state index in [1.54, 1.807) is 0 Å². The fourth-order valence-corrected chi connectivity index (χ4v) is 4.44. The third-order valence-electron chi connectivity index (χ3n) is 6.17. The zero-order valence-corrected chi connectivity index (χ0v) is 21.5. The Morgan fingerprint density at radius 1 is 0.821 bits per heavy atom. The van der Waals surface area contributed by atoms with Crippen molar-refractivity contribution in [1.29, 1.82) is 0 Å². The van der Waals surface area contributed by atoms with E-state index in [0.717, 1.165) is 19.3 Å². The third kappa shape index (κ3) is 14.0. The van der Waals surface area contributed by atoms with E-state index in [0.29, 0.717) is 5.92 Å². The van der Waals surface area contributed by atoms with Crippen molar-refractivity contribution in [3.05, 3.63) is 12.2 Å². The SMILES string of the molecule is CCCCCCCCCC(/C=C\C(O)CCCC(C)C)O[Si](C)(C)C(C)(C)C. The molecule has 2 atom stereocenters. The maximum atomic E-state index is 10.3. The average Bonchev–Trinajstić information content (AvgIpc) is 2.57. The first kappa shape index (κ1) is 27.9. The average molecular weight is 413 g/mol. The van der Waals surface area contributed by atoms with Crippen LogP contribution in [0.1, 0.15) is 112 Å². The summed E-state index contributed by atoms with van der Waals surface area (Å²) in [6, 6.07) is 0. The second-order valence-electron chi connectivity index (χ2n) is 10.6.